The van der Waals surface area contributed by atoms with Crippen LogP contribution in [0.1, 0.15) is 71.6 Å². The summed E-state index contributed by atoms with van der Waals surface area (Å²) in [7, 11) is 0. The van der Waals surface area contributed by atoms with Gasteiger partial charge in [-0.25, -0.2) is 0 Å². The molecule has 0 aromatic rings. The summed E-state index contributed by atoms with van der Waals surface area (Å²) >= 11 is 0. The second-order valence-corrected chi connectivity index (χ2v) is 5.59. The van der Waals surface area contributed by atoms with Crippen LogP contribution in [0.4, 0.5) is 0 Å². The molecule has 0 N–H and O–H groups in total. The van der Waals surface area contributed by atoms with Crippen molar-refractivity contribution in [2.45, 2.75) is 83.8 Å². The van der Waals surface area contributed by atoms with Gasteiger partial charge in [0.2, 0.25) is 0 Å². The molecule has 1 nitrogen and oxygen atoms in total. The van der Waals surface area contributed by atoms with Crippen LogP contribution in [0.25, 0.3) is 0 Å². The molecule has 2 unspecified atom stereocenters. The Kier molecular flexibility index (Phi) is 10.3. The van der Waals surface area contributed by atoms with Crippen LogP contribution < -0.4 is 0 Å². The van der Waals surface area contributed by atoms with E-state index in [1.54, 1.807) is 0 Å². The van der Waals surface area contributed by atoms with Gasteiger partial charge < -0.3 is 4.74 Å². The summed E-state index contributed by atoms with van der Waals surface area (Å²) in [6.07, 6.45) is 25.6. The van der Waals surface area contributed by atoms with Crippen LogP contribution in [-0.2, 0) is 4.74 Å². The highest BCUT2D eigenvalue weighted by Gasteiger charge is 2.34. The molecule has 2 atom stereocenters. The number of epoxide rings is 1. The van der Waals surface area contributed by atoms with E-state index in [2.05, 4.69) is 50.3 Å². The first-order chi connectivity index (χ1) is 9.88. The maximum Gasteiger partial charge on any atom is 0.103 e. The van der Waals surface area contributed by atoms with E-state index in [0.717, 1.165) is 19.3 Å². The zero-order chi connectivity index (χ0) is 14.5. The van der Waals surface area contributed by atoms with Gasteiger partial charge in [-0.05, 0) is 32.1 Å². The van der Waals surface area contributed by atoms with Crippen molar-refractivity contribution in [3.8, 4) is 0 Å². The molecule has 0 radical (unpaired) electrons. The Labute approximate surface area is 125 Å². The number of unbranched alkanes of at least 4 members (excludes halogenated alkanes) is 5. The van der Waals surface area contributed by atoms with Crippen molar-refractivity contribution in [3.05, 3.63) is 36.5 Å². The van der Waals surface area contributed by atoms with Crippen molar-refractivity contribution >= 4 is 0 Å². The molecule has 1 heteroatoms. The molecule has 1 rings (SSSR count). The Balaban J connectivity index is 1.93. The molecule has 0 bridgehead atoms. The smallest absolute Gasteiger partial charge is 0.103 e. The Bertz CT molecular complexity index is 301. The van der Waals surface area contributed by atoms with Gasteiger partial charge >= 0.3 is 0 Å². The fourth-order valence-electron chi connectivity index (χ4n) is 2.28. The molecule has 0 amide bonds. The molecule has 0 saturated carbocycles. The predicted octanol–water partition coefficient (Wildman–Crippen LogP) is 5.97. The van der Waals surface area contributed by atoms with Gasteiger partial charge in [-0.2, -0.15) is 0 Å². The summed E-state index contributed by atoms with van der Waals surface area (Å²) in [4.78, 5) is 0. The molecule has 1 fully saturated rings. The summed E-state index contributed by atoms with van der Waals surface area (Å²) in [5.41, 5.74) is 0. The van der Waals surface area contributed by atoms with E-state index >= 15 is 0 Å². The number of allylic oxidation sites excluding steroid dienone is 4. The molecular weight excluding hydrogens is 244 g/mol. The summed E-state index contributed by atoms with van der Waals surface area (Å²) in [6.45, 7) is 4.43. The van der Waals surface area contributed by atoms with Gasteiger partial charge in [-0.3, -0.25) is 0 Å². The monoisotopic (exact) mass is 276 g/mol. The molecule has 0 aromatic heterocycles. The van der Waals surface area contributed by atoms with Gasteiger partial charge in [0.15, 0.2) is 0 Å². The topological polar surface area (TPSA) is 12.5 Å². The second kappa shape index (κ2) is 12.0. The quantitative estimate of drug-likeness (QED) is 0.243. The van der Waals surface area contributed by atoms with E-state index in [0.29, 0.717) is 12.2 Å². The van der Waals surface area contributed by atoms with Gasteiger partial charge in [-0.15, -0.1) is 0 Å². The van der Waals surface area contributed by atoms with E-state index in [1.165, 1.54) is 38.5 Å². The molecule has 1 heterocycles. The molecule has 20 heavy (non-hydrogen) atoms. The van der Waals surface area contributed by atoms with Crippen molar-refractivity contribution in [1.82, 2.24) is 0 Å². The molecule has 114 valence electrons. The Morgan fingerprint density at radius 1 is 0.850 bits per heavy atom. The largest absolute Gasteiger partial charge is 0.365 e. The minimum atomic E-state index is 0.390. The SMILES string of the molecule is CC/C=C\C/C=C\CC1OC1/C=C/CCCCCCC. The van der Waals surface area contributed by atoms with Crippen LogP contribution >= 0.6 is 0 Å². The van der Waals surface area contributed by atoms with E-state index < -0.39 is 0 Å². The molecule has 0 spiro atoms. The maximum atomic E-state index is 5.63. The van der Waals surface area contributed by atoms with Gasteiger partial charge in [0.05, 0.1) is 6.10 Å². The maximum absolute atomic E-state index is 5.63. The van der Waals surface area contributed by atoms with Crippen molar-refractivity contribution in [1.29, 1.82) is 0 Å². The third-order valence-corrected chi connectivity index (χ3v) is 3.63. The molecule has 1 aliphatic rings. The van der Waals surface area contributed by atoms with Gasteiger partial charge in [0, 0.05) is 0 Å². The second-order valence-electron chi connectivity index (χ2n) is 5.59. The van der Waals surface area contributed by atoms with E-state index in [-0.39, 0.29) is 0 Å². The van der Waals surface area contributed by atoms with Crippen LogP contribution in [-0.4, -0.2) is 12.2 Å². The minimum Gasteiger partial charge on any atom is -0.365 e. The van der Waals surface area contributed by atoms with Crippen molar-refractivity contribution in [2.75, 3.05) is 0 Å². The fourth-order valence-corrected chi connectivity index (χ4v) is 2.28. The average molecular weight is 276 g/mol. The number of hydrogen-bond donors (Lipinski definition) is 0. The van der Waals surface area contributed by atoms with Crippen LogP contribution in [0.15, 0.2) is 36.5 Å². The minimum absolute atomic E-state index is 0.390. The van der Waals surface area contributed by atoms with E-state index in [9.17, 15) is 0 Å². The van der Waals surface area contributed by atoms with Crippen LogP contribution in [0, 0.1) is 0 Å². The van der Waals surface area contributed by atoms with Gasteiger partial charge in [0.25, 0.3) is 0 Å². The molecule has 0 aliphatic carbocycles. The third-order valence-electron chi connectivity index (χ3n) is 3.63. The average Bonchev–Trinajstić information content (AvgIpc) is 3.20. The molecule has 1 saturated heterocycles. The molecular formula is C19H32O. The zero-order valence-electron chi connectivity index (χ0n) is 13.4. The highest BCUT2D eigenvalue weighted by atomic mass is 16.6. The standard InChI is InChI=1S/C19H32O/c1-3-5-7-9-11-13-15-17-19-18(20-19)16-14-12-10-8-6-4-2/h6,8,12,14-15,17-19H,3-5,7,9-11,13,16H2,1-2H3/b8-6-,14-12-,17-15+. The fraction of sp³-hybridized carbons (Fsp3) is 0.684. The lowest BCUT2D eigenvalue weighted by Crippen LogP contribution is -1.87. The van der Waals surface area contributed by atoms with Gasteiger partial charge in [-0.1, -0.05) is 76.0 Å². The highest BCUT2D eigenvalue weighted by molar-refractivity contribution is 5.05. The van der Waals surface area contributed by atoms with Crippen molar-refractivity contribution in [3.63, 3.8) is 0 Å². The van der Waals surface area contributed by atoms with Crippen molar-refractivity contribution < 1.29 is 4.74 Å². The number of rotatable bonds is 12. The Morgan fingerprint density at radius 3 is 2.45 bits per heavy atom. The number of hydrogen-bond acceptors (Lipinski definition) is 1. The summed E-state index contributed by atoms with van der Waals surface area (Å²) in [5, 5.41) is 0. The van der Waals surface area contributed by atoms with E-state index in [4.69, 9.17) is 4.74 Å². The van der Waals surface area contributed by atoms with Gasteiger partial charge in [0.1, 0.15) is 6.10 Å². The predicted molar refractivity (Wildman–Crippen MR) is 89.0 cm³/mol. The lowest BCUT2D eigenvalue weighted by Gasteiger charge is -1.95. The zero-order valence-corrected chi connectivity index (χ0v) is 13.4. The lowest BCUT2D eigenvalue weighted by atomic mass is 10.1. The van der Waals surface area contributed by atoms with Crippen LogP contribution in [0.3, 0.4) is 0 Å². The summed E-state index contributed by atoms with van der Waals surface area (Å²) in [5.74, 6) is 0. The van der Waals surface area contributed by atoms with Crippen molar-refractivity contribution in [2.24, 2.45) is 0 Å². The van der Waals surface area contributed by atoms with Crippen LogP contribution in [0.2, 0.25) is 0 Å². The lowest BCUT2D eigenvalue weighted by molar-refractivity contribution is 0.390. The third kappa shape index (κ3) is 9.14. The Hall–Kier alpha value is -0.820. The Morgan fingerprint density at radius 2 is 1.65 bits per heavy atom. The van der Waals surface area contributed by atoms with E-state index in [1.807, 2.05) is 0 Å². The summed E-state index contributed by atoms with van der Waals surface area (Å²) < 4.78 is 5.63. The van der Waals surface area contributed by atoms with Crippen LogP contribution in [0.5, 0.6) is 0 Å². The first kappa shape index (κ1) is 17.2. The molecule has 0 aromatic carbocycles. The normalized spacial score (nSPS) is 22.5. The first-order valence-corrected chi connectivity index (χ1v) is 8.50. The summed E-state index contributed by atoms with van der Waals surface area (Å²) in [6, 6.07) is 0. The first-order valence-electron chi connectivity index (χ1n) is 8.50. The molecule has 1 aliphatic heterocycles. The number of ether oxygens (including phenoxy) is 1. The highest BCUT2D eigenvalue weighted by Crippen LogP contribution is 2.27.